The molecule has 2 amide bonds. The van der Waals surface area contributed by atoms with Gasteiger partial charge in [0.05, 0.1) is 5.69 Å². The van der Waals surface area contributed by atoms with Gasteiger partial charge in [0.1, 0.15) is 12.0 Å². The summed E-state index contributed by atoms with van der Waals surface area (Å²) in [5.41, 5.74) is 1.52. The molecular weight excluding hydrogens is 396 g/mol. The molecule has 1 aliphatic heterocycles. The van der Waals surface area contributed by atoms with Crippen LogP contribution in [0.3, 0.4) is 0 Å². The second kappa shape index (κ2) is 9.01. The van der Waals surface area contributed by atoms with Crippen LogP contribution in [0.15, 0.2) is 53.8 Å². The zero-order valence-corrected chi connectivity index (χ0v) is 16.6. The third-order valence-corrected chi connectivity index (χ3v) is 6.44. The molecule has 0 unspecified atom stereocenters. The molecule has 1 aliphatic rings. The summed E-state index contributed by atoms with van der Waals surface area (Å²) in [5.74, 6) is -0.747. The molecule has 0 saturated carbocycles. The topological polar surface area (TPSA) is 113 Å². The van der Waals surface area contributed by atoms with Crippen LogP contribution >= 0.6 is 0 Å². The number of hydrogen-bond acceptors (Lipinski definition) is 6. The molecule has 9 nitrogen and oxygen atoms in total. The number of aromatic nitrogens is 1. The minimum absolute atomic E-state index is 0.193. The Balaban J connectivity index is 1.63. The molecule has 1 N–H and O–H groups in total. The SMILES string of the molecule is C=CC(=O)NCc1ccccc1C(=O)N1CCN(S(=O)(=O)Cc2ccon2)CC1. The summed E-state index contributed by atoms with van der Waals surface area (Å²) in [6.07, 6.45) is 2.50. The van der Waals surface area contributed by atoms with Crippen LogP contribution in [-0.4, -0.2) is 60.8 Å². The van der Waals surface area contributed by atoms with Gasteiger partial charge >= 0.3 is 0 Å². The van der Waals surface area contributed by atoms with Crippen LogP contribution in [0.4, 0.5) is 0 Å². The number of benzene rings is 1. The van der Waals surface area contributed by atoms with Crippen molar-refractivity contribution in [3.05, 3.63) is 66.1 Å². The van der Waals surface area contributed by atoms with Gasteiger partial charge in [0.15, 0.2) is 0 Å². The fraction of sp³-hybridized carbons (Fsp3) is 0.316. The van der Waals surface area contributed by atoms with Crippen molar-refractivity contribution in [2.24, 2.45) is 0 Å². The molecule has 0 radical (unpaired) electrons. The molecule has 10 heteroatoms. The van der Waals surface area contributed by atoms with Gasteiger partial charge in [-0.25, -0.2) is 8.42 Å². The van der Waals surface area contributed by atoms with E-state index in [4.69, 9.17) is 0 Å². The van der Waals surface area contributed by atoms with Gasteiger partial charge in [0.25, 0.3) is 5.91 Å². The summed E-state index contributed by atoms with van der Waals surface area (Å²) in [5, 5.41) is 6.31. The molecule has 0 atom stereocenters. The van der Waals surface area contributed by atoms with Gasteiger partial charge < -0.3 is 14.7 Å². The smallest absolute Gasteiger partial charge is 0.254 e. The third-order valence-electron chi connectivity index (χ3n) is 4.63. The van der Waals surface area contributed by atoms with Gasteiger partial charge in [0.2, 0.25) is 15.9 Å². The molecule has 1 aromatic carbocycles. The molecule has 0 aliphatic carbocycles. The third kappa shape index (κ3) is 5.09. The van der Waals surface area contributed by atoms with Crippen molar-refractivity contribution < 1.29 is 22.5 Å². The number of carbonyl (C=O) groups is 2. The molecule has 154 valence electrons. The summed E-state index contributed by atoms with van der Waals surface area (Å²) in [6, 6.07) is 8.53. The van der Waals surface area contributed by atoms with E-state index in [0.29, 0.717) is 16.8 Å². The molecule has 2 heterocycles. The molecule has 0 bridgehead atoms. The van der Waals surface area contributed by atoms with Crippen LogP contribution in [0, 0.1) is 0 Å². The van der Waals surface area contributed by atoms with E-state index in [1.165, 1.54) is 22.7 Å². The van der Waals surface area contributed by atoms with Gasteiger partial charge in [0, 0.05) is 44.4 Å². The van der Waals surface area contributed by atoms with E-state index < -0.39 is 10.0 Å². The van der Waals surface area contributed by atoms with E-state index in [0.717, 1.165) is 0 Å². The molecule has 1 aromatic heterocycles. The number of carbonyl (C=O) groups excluding carboxylic acids is 2. The normalized spacial score (nSPS) is 15.1. The Labute approximate surface area is 169 Å². The van der Waals surface area contributed by atoms with E-state index in [1.54, 1.807) is 29.2 Å². The lowest BCUT2D eigenvalue weighted by Crippen LogP contribution is -2.51. The molecule has 1 fully saturated rings. The summed E-state index contributed by atoms with van der Waals surface area (Å²) in [6.45, 7) is 4.59. The second-order valence-electron chi connectivity index (χ2n) is 6.52. The van der Waals surface area contributed by atoms with Crippen molar-refractivity contribution in [2.75, 3.05) is 26.2 Å². The summed E-state index contributed by atoms with van der Waals surface area (Å²) < 4.78 is 31.1. The van der Waals surface area contributed by atoms with E-state index in [-0.39, 0.29) is 50.3 Å². The zero-order chi connectivity index (χ0) is 20.9. The maximum atomic E-state index is 13.0. The number of nitrogens with one attached hydrogen (secondary N) is 1. The lowest BCUT2D eigenvalue weighted by Gasteiger charge is -2.34. The quantitative estimate of drug-likeness (QED) is 0.665. The Bertz CT molecular complexity index is 980. The first-order valence-electron chi connectivity index (χ1n) is 9.05. The van der Waals surface area contributed by atoms with E-state index >= 15 is 0 Å². The first-order chi connectivity index (χ1) is 13.9. The predicted molar refractivity (Wildman–Crippen MR) is 105 cm³/mol. The van der Waals surface area contributed by atoms with Gasteiger partial charge in [-0.3, -0.25) is 9.59 Å². The number of amides is 2. The van der Waals surface area contributed by atoms with Crippen molar-refractivity contribution >= 4 is 21.8 Å². The molecule has 1 saturated heterocycles. The lowest BCUT2D eigenvalue weighted by molar-refractivity contribution is -0.116. The van der Waals surface area contributed by atoms with Crippen LogP contribution < -0.4 is 5.32 Å². The Morgan fingerprint density at radius 2 is 1.90 bits per heavy atom. The van der Waals surface area contributed by atoms with Crippen molar-refractivity contribution in [1.29, 1.82) is 0 Å². The molecular formula is C19H22N4O5S. The van der Waals surface area contributed by atoms with E-state index in [2.05, 4.69) is 21.6 Å². The summed E-state index contributed by atoms with van der Waals surface area (Å²) in [7, 11) is -3.53. The molecule has 2 aromatic rings. The molecule has 3 rings (SSSR count). The first kappa shape index (κ1) is 20.7. The average molecular weight is 418 g/mol. The highest BCUT2D eigenvalue weighted by Crippen LogP contribution is 2.17. The minimum atomic E-state index is -3.53. The number of rotatable bonds is 7. The Morgan fingerprint density at radius 1 is 1.17 bits per heavy atom. The van der Waals surface area contributed by atoms with Crippen LogP contribution in [0.2, 0.25) is 0 Å². The minimum Gasteiger partial charge on any atom is -0.364 e. The van der Waals surface area contributed by atoms with E-state index in [9.17, 15) is 18.0 Å². The Kier molecular flexibility index (Phi) is 6.45. The second-order valence-corrected chi connectivity index (χ2v) is 8.49. The molecule has 29 heavy (non-hydrogen) atoms. The highest BCUT2D eigenvalue weighted by Gasteiger charge is 2.30. The standard InChI is InChI=1S/C19H22N4O5S/c1-2-18(24)20-13-15-5-3-4-6-17(15)19(25)22-8-10-23(11-9-22)29(26,27)14-16-7-12-28-21-16/h2-7,12H,1,8-11,13-14H2,(H,20,24). The van der Waals surface area contributed by atoms with Crippen molar-refractivity contribution in [3.8, 4) is 0 Å². The van der Waals surface area contributed by atoms with E-state index in [1.807, 2.05) is 0 Å². The van der Waals surface area contributed by atoms with Crippen molar-refractivity contribution in [1.82, 2.24) is 19.7 Å². The van der Waals surface area contributed by atoms with Crippen LogP contribution in [0.5, 0.6) is 0 Å². The number of hydrogen-bond donors (Lipinski definition) is 1. The monoisotopic (exact) mass is 418 g/mol. The highest BCUT2D eigenvalue weighted by molar-refractivity contribution is 7.88. The molecule has 0 spiro atoms. The highest BCUT2D eigenvalue weighted by atomic mass is 32.2. The zero-order valence-electron chi connectivity index (χ0n) is 15.8. The summed E-state index contributed by atoms with van der Waals surface area (Å²) >= 11 is 0. The first-order valence-corrected chi connectivity index (χ1v) is 10.7. The number of sulfonamides is 1. The largest absolute Gasteiger partial charge is 0.364 e. The fourth-order valence-corrected chi connectivity index (χ4v) is 4.49. The van der Waals surface area contributed by atoms with Gasteiger partial charge in [-0.1, -0.05) is 29.9 Å². The average Bonchev–Trinajstić information content (AvgIpc) is 3.24. The van der Waals surface area contributed by atoms with Crippen LogP contribution in [0.1, 0.15) is 21.6 Å². The Hall–Kier alpha value is -2.98. The van der Waals surface area contributed by atoms with Gasteiger partial charge in [-0.2, -0.15) is 4.31 Å². The maximum Gasteiger partial charge on any atom is 0.254 e. The summed E-state index contributed by atoms with van der Waals surface area (Å²) in [4.78, 5) is 26.0. The van der Waals surface area contributed by atoms with Crippen molar-refractivity contribution in [3.63, 3.8) is 0 Å². The fourth-order valence-electron chi connectivity index (χ4n) is 3.07. The van der Waals surface area contributed by atoms with Crippen LogP contribution in [-0.2, 0) is 27.1 Å². The Morgan fingerprint density at radius 3 is 2.55 bits per heavy atom. The van der Waals surface area contributed by atoms with Crippen molar-refractivity contribution in [2.45, 2.75) is 12.3 Å². The predicted octanol–water partition coefficient (Wildman–Crippen LogP) is 0.765. The van der Waals surface area contributed by atoms with Gasteiger partial charge in [-0.05, 0) is 17.7 Å². The van der Waals surface area contributed by atoms with Gasteiger partial charge in [-0.15, -0.1) is 0 Å². The number of nitrogens with zero attached hydrogens (tertiary/aromatic N) is 3. The lowest BCUT2D eigenvalue weighted by atomic mass is 10.1. The van der Waals surface area contributed by atoms with Crippen LogP contribution in [0.25, 0.3) is 0 Å². The maximum absolute atomic E-state index is 13.0. The number of piperazine rings is 1.